The van der Waals surface area contributed by atoms with Crippen molar-refractivity contribution in [2.75, 3.05) is 38.1 Å². The highest BCUT2D eigenvalue weighted by atomic mass is 15.3. The van der Waals surface area contributed by atoms with Crippen LogP contribution < -0.4 is 4.90 Å². The van der Waals surface area contributed by atoms with E-state index in [0.717, 1.165) is 43.2 Å². The van der Waals surface area contributed by atoms with Crippen LogP contribution in [-0.4, -0.2) is 48.1 Å². The predicted octanol–water partition coefficient (Wildman–Crippen LogP) is 1.93. The first-order chi connectivity index (χ1) is 8.65. The number of benzene rings is 1. The van der Waals surface area contributed by atoms with Crippen molar-refractivity contribution >= 4 is 17.0 Å². The summed E-state index contributed by atoms with van der Waals surface area (Å²) in [5.74, 6) is 1.02. The minimum atomic E-state index is 1.02. The first kappa shape index (κ1) is 11.5. The van der Waals surface area contributed by atoms with Crippen LogP contribution >= 0.6 is 0 Å². The van der Waals surface area contributed by atoms with E-state index in [9.17, 15) is 0 Å². The van der Waals surface area contributed by atoms with Crippen LogP contribution in [0.4, 0.5) is 5.95 Å². The number of nitrogens with zero attached hydrogens (tertiary/aromatic N) is 3. The predicted molar refractivity (Wildman–Crippen MR) is 75.3 cm³/mol. The molecule has 2 aromatic rings. The van der Waals surface area contributed by atoms with Gasteiger partial charge in [0.15, 0.2) is 0 Å². The number of nitrogens with one attached hydrogen (secondary N) is 1. The van der Waals surface area contributed by atoms with Crippen molar-refractivity contribution in [3.63, 3.8) is 0 Å². The molecule has 1 saturated heterocycles. The van der Waals surface area contributed by atoms with Crippen LogP contribution in [0.25, 0.3) is 11.0 Å². The van der Waals surface area contributed by atoms with Crippen molar-refractivity contribution in [2.24, 2.45) is 0 Å². The van der Waals surface area contributed by atoms with E-state index in [0.29, 0.717) is 0 Å². The fourth-order valence-corrected chi connectivity index (χ4v) is 2.47. The molecule has 4 heteroatoms. The molecule has 4 nitrogen and oxygen atoms in total. The first-order valence-corrected chi connectivity index (χ1v) is 6.54. The Hall–Kier alpha value is -1.55. The molecule has 1 aromatic heterocycles. The molecule has 0 saturated carbocycles. The summed E-state index contributed by atoms with van der Waals surface area (Å²) >= 11 is 0. The quantitative estimate of drug-likeness (QED) is 0.832. The maximum absolute atomic E-state index is 4.77. The summed E-state index contributed by atoms with van der Waals surface area (Å²) in [6.45, 7) is 8.60. The summed E-state index contributed by atoms with van der Waals surface area (Å²) in [4.78, 5) is 12.9. The average Bonchev–Trinajstić information content (AvgIpc) is 2.80. The first-order valence-electron chi connectivity index (χ1n) is 6.54. The topological polar surface area (TPSA) is 35.2 Å². The third-order valence-electron chi connectivity index (χ3n) is 3.97. The second-order valence-corrected chi connectivity index (χ2v) is 5.25. The second kappa shape index (κ2) is 4.28. The van der Waals surface area contributed by atoms with Gasteiger partial charge in [0, 0.05) is 26.2 Å². The Bertz CT molecular complexity index is 564. The summed E-state index contributed by atoms with van der Waals surface area (Å²) in [6.07, 6.45) is 0. The van der Waals surface area contributed by atoms with Gasteiger partial charge >= 0.3 is 0 Å². The van der Waals surface area contributed by atoms with E-state index >= 15 is 0 Å². The fourth-order valence-electron chi connectivity index (χ4n) is 2.47. The molecule has 2 heterocycles. The van der Waals surface area contributed by atoms with Gasteiger partial charge in [0.1, 0.15) is 0 Å². The van der Waals surface area contributed by atoms with Crippen LogP contribution in [0.2, 0.25) is 0 Å². The third-order valence-corrected chi connectivity index (χ3v) is 3.97. The monoisotopic (exact) mass is 244 g/mol. The van der Waals surface area contributed by atoms with Gasteiger partial charge in [-0.2, -0.15) is 0 Å². The molecule has 1 aliphatic heterocycles. The van der Waals surface area contributed by atoms with Crippen LogP contribution in [0.15, 0.2) is 12.1 Å². The molecule has 1 aliphatic rings. The number of anilines is 1. The zero-order chi connectivity index (χ0) is 12.7. The smallest absolute Gasteiger partial charge is 0.203 e. The van der Waals surface area contributed by atoms with Gasteiger partial charge in [0.05, 0.1) is 11.0 Å². The highest BCUT2D eigenvalue weighted by molar-refractivity contribution is 5.82. The van der Waals surface area contributed by atoms with Crippen LogP contribution in [0.1, 0.15) is 11.1 Å². The van der Waals surface area contributed by atoms with Gasteiger partial charge in [-0.3, -0.25) is 0 Å². The fraction of sp³-hybridized carbons (Fsp3) is 0.500. The lowest BCUT2D eigenvalue weighted by Gasteiger charge is -2.32. The summed E-state index contributed by atoms with van der Waals surface area (Å²) in [7, 11) is 2.17. The minimum absolute atomic E-state index is 1.02. The molecule has 0 aliphatic carbocycles. The number of aromatic amines is 1. The maximum Gasteiger partial charge on any atom is 0.203 e. The Morgan fingerprint density at radius 3 is 2.56 bits per heavy atom. The van der Waals surface area contributed by atoms with E-state index in [1.54, 1.807) is 0 Å². The normalized spacial score (nSPS) is 17.6. The van der Waals surface area contributed by atoms with E-state index in [4.69, 9.17) is 4.98 Å². The van der Waals surface area contributed by atoms with E-state index in [1.165, 1.54) is 11.1 Å². The van der Waals surface area contributed by atoms with Crippen molar-refractivity contribution in [1.29, 1.82) is 0 Å². The van der Waals surface area contributed by atoms with Crippen LogP contribution in [0, 0.1) is 13.8 Å². The summed E-state index contributed by atoms with van der Waals surface area (Å²) in [6, 6.07) is 4.29. The van der Waals surface area contributed by atoms with Crippen molar-refractivity contribution < 1.29 is 0 Å². The van der Waals surface area contributed by atoms with Crippen molar-refractivity contribution in [3.8, 4) is 0 Å². The highest BCUT2D eigenvalue weighted by Crippen LogP contribution is 2.23. The molecule has 18 heavy (non-hydrogen) atoms. The third kappa shape index (κ3) is 1.86. The maximum atomic E-state index is 4.77. The van der Waals surface area contributed by atoms with E-state index < -0.39 is 0 Å². The highest BCUT2D eigenvalue weighted by Gasteiger charge is 2.17. The summed E-state index contributed by atoms with van der Waals surface area (Å²) in [5, 5.41) is 0. The minimum Gasteiger partial charge on any atom is -0.340 e. The number of hydrogen-bond donors (Lipinski definition) is 1. The van der Waals surface area contributed by atoms with Gasteiger partial charge in [-0.05, 0) is 38.1 Å². The van der Waals surface area contributed by atoms with Crippen LogP contribution in [0.5, 0.6) is 0 Å². The molecule has 1 aromatic carbocycles. The Morgan fingerprint density at radius 2 is 1.83 bits per heavy atom. The Labute approximate surface area is 108 Å². The molecule has 0 atom stereocenters. The van der Waals surface area contributed by atoms with Gasteiger partial charge in [-0.1, -0.05) is 6.07 Å². The van der Waals surface area contributed by atoms with Gasteiger partial charge in [-0.15, -0.1) is 0 Å². The number of aryl methyl sites for hydroxylation is 2. The van der Waals surface area contributed by atoms with Gasteiger partial charge in [0.25, 0.3) is 0 Å². The molecule has 0 spiro atoms. The van der Waals surface area contributed by atoms with Gasteiger partial charge in [0.2, 0.25) is 5.95 Å². The molecule has 0 amide bonds. The number of aromatic nitrogens is 2. The summed E-state index contributed by atoms with van der Waals surface area (Å²) in [5.41, 5.74) is 4.85. The van der Waals surface area contributed by atoms with Crippen molar-refractivity contribution in [1.82, 2.24) is 14.9 Å². The molecule has 0 radical (unpaired) electrons. The van der Waals surface area contributed by atoms with Crippen molar-refractivity contribution in [3.05, 3.63) is 23.3 Å². The van der Waals surface area contributed by atoms with Gasteiger partial charge < -0.3 is 14.8 Å². The SMILES string of the molecule is Cc1ccc2[nH]c(N3CCN(C)CC3)nc2c1C. The molecule has 96 valence electrons. The number of H-pyrrole nitrogens is 1. The summed E-state index contributed by atoms with van der Waals surface area (Å²) < 4.78 is 0. The Kier molecular flexibility index (Phi) is 2.74. The molecule has 0 unspecified atom stereocenters. The molecule has 0 bridgehead atoms. The zero-order valence-corrected chi connectivity index (χ0v) is 11.3. The average molecular weight is 244 g/mol. The molecular formula is C14H20N4. The number of likely N-dealkylation sites (N-methyl/N-ethyl adjacent to an activating group) is 1. The molecule has 1 fully saturated rings. The second-order valence-electron chi connectivity index (χ2n) is 5.25. The molecule has 1 N–H and O–H groups in total. The number of hydrogen-bond acceptors (Lipinski definition) is 3. The van der Waals surface area contributed by atoms with E-state index in [-0.39, 0.29) is 0 Å². The van der Waals surface area contributed by atoms with Crippen LogP contribution in [0.3, 0.4) is 0 Å². The Balaban J connectivity index is 1.96. The van der Waals surface area contributed by atoms with Crippen molar-refractivity contribution in [2.45, 2.75) is 13.8 Å². The lowest BCUT2D eigenvalue weighted by atomic mass is 10.1. The number of rotatable bonds is 1. The lowest BCUT2D eigenvalue weighted by molar-refractivity contribution is 0.311. The Morgan fingerprint density at radius 1 is 1.11 bits per heavy atom. The largest absolute Gasteiger partial charge is 0.340 e. The number of imidazole rings is 1. The lowest BCUT2D eigenvalue weighted by Crippen LogP contribution is -2.44. The number of piperazine rings is 1. The van der Waals surface area contributed by atoms with Crippen LogP contribution in [-0.2, 0) is 0 Å². The molecular weight excluding hydrogens is 224 g/mol. The zero-order valence-electron chi connectivity index (χ0n) is 11.3. The van der Waals surface area contributed by atoms with E-state index in [2.05, 4.69) is 47.8 Å². The number of fused-ring (bicyclic) bond motifs is 1. The molecule has 3 rings (SSSR count). The van der Waals surface area contributed by atoms with E-state index in [1.807, 2.05) is 0 Å². The standard InChI is InChI=1S/C14H20N4/c1-10-4-5-12-13(11(10)2)16-14(15-12)18-8-6-17(3)7-9-18/h4-5H,6-9H2,1-3H3,(H,15,16). The van der Waals surface area contributed by atoms with Gasteiger partial charge in [-0.25, -0.2) is 4.98 Å².